The van der Waals surface area contributed by atoms with Crippen LogP contribution < -0.4 is 0 Å². The summed E-state index contributed by atoms with van der Waals surface area (Å²) in [7, 11) is 0. The maximum absolute atomic E-state index is 11.8. The molecular formula is C19H16O2. The van der Waals surface area contributed by atoms with Gasteiger partial charge >= 0.3 is 5.97 Å². The van der Waals surface area contributed by atoms with Gasteiger partial charge in [0.05, 0.1) is 12.2 Å². The number of rotatable bonds is 3. The summed E-state index contributed by atoms with van der Waals surface area (Å²) < 4.78 is 5.00. The molecular weight excluding hydrogens is 260 g/mol. The zero-order valence-electron chi connectivity index (χ0n) is 11.9. The fourth-order valence-corrected chi connectivity index (χ4v) is 2.46. The van der Waals surface area contributed by atoms with E-state index in [4.69, 9.17) is 4.74 Å². The molecule has 2 nitrogen and oxygen atoms in total. The van der Waals surface area contributed by atoms with Crippen molar-refractivity contribution < 1.29 is 9.53 Å². The van der Waals surface area contributed by atoms with Crippen molar-refractivity contribution in [3.8, 4) is 0 Å². The number of ether oxygens (including phenoxy) is 1. The van der Waals surface area contributed by atoms with Crippen molar-refractivity contribution in [2.45, 2.75) is 6.92 Å². The van der Waals surface area contributed by atoms with Crippen LogP contribution in [-0.4, -0.2) is 12.6 Å². The Morgan fingerprint density at radius 1 is 0.952 bits per heavy atom. The van der Waals surface area contributed by atoms with Gasteiger partial charge < -0.3 is 4.74 Å². The van der Waals surface area contributed by atoms with E-state index in [9.17, 15) is 4.79 Å². The molecule has 0 bridgehead atoms. The average molecular weight is 276 g/mol. The SMILES string of the molecule is C=C(C(=O)OCC)c1ccc2cc3ccccc3cc2c1. The fourth-order valence-electron chi connectivity index (χ4n) is 2.46. The van der Waals surface area contributed by atoms with Crippen LogP contribution in [0.2, 0.25) is 0 Å². The van der Waals surface area contributed by atoms with Crippen LogP contribution in [0.25, 0.3) is 27.1 Å². The maximum atomic E-state index is 11.8. The van der Waals surface area contributed by atoms with Gasteiger partial charge in [0.25, 0.3) is 0 Å². The van der Waals surface area contributed by atoms with Crippen LogP contribution in [0.3, 0.4) is 0 Å². The summed E-state index contributed by atoms with van der Waals surface area (Å²) in [4.78, 5) is 11.8. The lowest BCUT2D eigenvalue weighted by Gasteiger charge is -2.08. The number of benzene rings is 3. The first-order chi connectivity index (χ1) is 10.2. The van der Waals surface area contributed by atoms with Gasteiger partial charge in [-0.1, -0.05) is 43.0 Å². The zero-order chi connectivity index (χ0) is 14.8. The highest BCUT2D eigenvalue weighted by Gasteiger charge is 2.10. The third-order valence-electron chi connectivity index (χ3n) is 3.58. The Labute approximate surface area is 123 Å². The largest absolute Gasteiger partial charge is 0.462 e. The zero-order valence-corrected chi connectivity index (χ0v) is 11.9. The topological polar surface area (TPSA) is 26.3 Å². The Kier molecular flexibility index (Phi) is 3.44. The van der Waals surface area contributed by atoms with Crippen molar-refractivity contribution in [1.82, 2.24) is 0 Å². The van der Waals surface area contributed by atoms with Gasteiger partial charge in [-0.05, 0) is 52.2 Å². The van der Waals surface area contributed by atoms with Crippen molar-refractivity contribution in [2.75, 3.05) is 6.61 Å². The normalized spacial score (nSPS) is 10.7. The predicted octanol–water partition coefficient (Wildman–Crippen LogP) is 4.57. The summed E-state index contributed by atoms with van der Waals surface area (Å²) in [5.74, 6) is -0.363. The van der Waals surface area contributed by atoms with Gasteiger partial charge in [-0.25, -0.2) is 4.79 Å². The number of carbonyl (C=O) groups is 1. The molecule has 21 heavy (non-hydrogen) atoms. The van der Waals surface area contributed by atoms with Gasteiger partial charge in [0.15, 0.2) is 0 Å². The van der Waals surface area contributed by atoms with Crippen molar-refractivity contribution in [3.63, 3.8) is 0 Å². The Morgan fingerprint density at radius 3 is 2.24 bits per heavy atom. The van der Waals surface area contributed by atoms with E-state index in [-0.39, 0.29) is 5.97 Å². The van der Waals surface area contributed by atoms with Gasteiger partial charge in [0.2, 0.25) is 0 Å². The minimum absolute atomic E-state index is 0.357. The standard InChI is InChI=1S/C19H16O2/c1-3-21-19(20)13(2)14-8-9-17-11-15-6-4-5-7-16(15)12-18(17)10-14/h4-12H,2-3H2,1H3. The van der Waals surface area contributed by atoms with E-state index >= 15 is 0 Å². The molecule has 0 radical (unpaired) electrons. The molecule has 0 aromatic heterocycles. The van der Waals surface area contributed by atoms with E-state index in [1.54, 1.807) is 6.92 Å². The summed E-state index contributed by atoms with van der Waals surface area (Å²) >= 11 is 0. The number of carbonyl (C=O) groups excluding carboxylic acids is 1. The second-order valence-electron chi connectivity index (χ2n) is 4.96. The van der Waals surface area contributed by atoms with Crippen LogP contribution in [0.15, 0.2) is 61.2 Å². The highest BCUT2D eigenvalue weighted by molar-refractivity contribution is 6.16. The van der Waals surface area contributed by atoms with Crippen molar-refractivity contribution >= 4 is 33.1 Å². The summed E-state index contributed by atoms with van der Waals surface area (Å²) in [5.41, 5.74) is 1.20. The molecule has 3 aromatic rings. The van der Waals surface area contributed by atoms with Gasteiger partial charge in [-0.15, -0.1) is 0 Å². The summed E-state index contributed by atoms with van der Waals surface area (Å²) in [6.45, 7) is 5.98. The third-order valence-corrected chi connectivity index (χ3v) is 3.58. The molecule has 0 saturated heterocycles. The average Bonchev–Trinajstić information content (AvgIpc) is 2.51. The van der Waals surface area contributed by atoms with Crippen molar-refractivity contribution in [3.05, 3.63) is 66.7 Å². The molecule has 0 fully saturated rings. The molecule has 0 heterocycles. The monoisotopic (exact) mass is 276 g/mol. The van der Waals surface area contributed by atoms with E-state index in [2.05, 4.69) is 30.8 Å². The van der Waals surface area contributed by atoms with Crippen LogP contribution in [0, 0.1) is 0 Å². The molecule has 0 amide bonds. The highest BCUT2D eigenvalue weighted by Crippen LogP contribution is 2.26. The first kappa shape index (κ1) is 13.4. The lowest BCUT2D eigenvalue weighted by atomic mass is 9.99. The van der Waals surface area contributed by atoms with Crippen LogP contribution in [-0.2, 0) is 9.53 Å². The lowest BCUT2D eigenvalue weighted by molar-refractivity contribution is -0.136. The first-order valence-electron chi connectivity index (χ1n) is 6.98. The quantitative estimate of drug-likeness (QED) is 0.398. The highest BCUT2D eigenvalue weighted by atomic mass is 16.5. The van der Waals surface area contributed by atoms with Gasteiger partial charge in [-0.2, -0.15) is 0 Å². The molecule has 0 aliphatic rings. The van der Waals surface area contributed by atoms with E-state index in [0.717, 1.165) is 16.3 Å². The molecule has 3 aromatic carbocycles. The number of hydrogen-bond acceptors (Lipinski definition) is 2. The van der Waals surface area contributed by atoms with Crippen molar-refractivity contribution in [2.24, 2.45) is 0 Å². The first-order valence-corrected chi connectivity index (χ1v) is 6.98. The van der Waals surface area contributed by atoms with E-state index in [1.165, 1.54) is 10.8 Å². The minimum atomic E-state index is -0.363. The van der Waals surface area contributed by atoms with Crippen LogP contribution in [0.1, 0.15) is 12.5 Å². The summed E-state index contributed by atoms with van der Waals surface area (Å²) in [5, 5.41) is 4.64. The Hall–Kier alpha value is -2.61. The van der Waals surface area contributed by atoms with Crippen LogP contribution >= 0.6 is 0 Å². The summed E-state index contributed by atoms with van der Waals surface area (Å²) in [6.07, 6.45) is 0. The van der Waals surface area contributed by atoms with E-state index in [0.29, 0.717) is 12.2 Å². The fraction of sp³-hybridized carbons (Fsp3) is 0.105. The number of hydrogen-bond donors (Lipinski definition) is 0. The molecule has 0 aliphatic carbocycles. The second kappa shape index (κ2) is 5.41. The smallest absolute Gasteiger partial charge is 0.338 e. The summed E-state index contributed by atoms with van der Waals surface area (Å²) in [6, 6.07) is 18.4. The van der Waals surface area contributed by atoms with E-state index in [1.807, 2.05) is 30.3 Å². The molecule has 0 unspecified atom stereocenters. The Bertz CT molecular complexity index is 846. The maximum Gasteiger partial charge on any atom is 0.338 e. The molecule has 0 atom stereocenters. The van der Waals surface area contributed by atoms with Gasteiger partial charge in [0, 0.05) is 0 Å². The van der Waals surface area contributed by atoms with Crippen LogP contribution in [0.5, 0.6) is 0 Å². The molecule has 0 aliphatic heterocycles. The third kappa shape index (κ3) is 2.52. The predicted molar refractivity (Wildman–Crippen MR) is 87.1 cm³/mol. The Balaban J connectivity index is 2.09. The lowest BCUT2D eigenvalue weighted by Crippen LogP contribution is -2.05. The van der Waals surface area contributed by atoms with E-state index < -0.39 is 0 Å². The molecule has 0 saturated carbocycles. The Morgan fingerprint density at radius 2 is 1.57 bits per heavy atom. The minimum Gasteiger partial charge on any atom is -0.462 e. The van der Waals surface area contributed by atoms with Crippen molar-refractivity contribution in [1.29, 1.82) is 0 Å². The second-order valence-corrected chi connectivity index (χ2v) is 4.96. The number of fused-ring (bicyclic) bond motifs is 2. The van der Waals surface area contributed by atoms with Crippen LogP contribution in [0.4, 0.5) is 0 Å². The molecule has 104 valence electrons. The molecule has 3 rings (SSSR count). The number of esters is 1. The molecule has 2 heteroatoms. The molecule has 0 N–H and O–H groups in total. The van der Waals surface area contributed by atoms with Gasteiger partial charge in [-0.3, -0.25) is 0 Å². The van der Waals surface area contributed by atoms with Gasteiger partial charge in [0.1, 0.15) is 0 Å². The molecule has 0 spiro atoms.